The molecule has 0 heterocycles. The Balaban J connectivity index is 2.28. The molecular formula is C14H12Cl2N2O2. The van der Waals surface area contributed by atoms with Crippen molar-refractivity contribution in [2.75, 3.05) is 18.2 Å². The number of nitrogen functional groups attached to an aromatic ring is 1. The van der Waals surface area contributed by atoms with Gasteiger partial charge >= 0.3 is 0 Å². The molecule has 0 aliphatic carbocycles. The van der Waals surface area contributed by atoms with Crippen LogP contribution in [0.25, 0.3) is 0 Å². The molecule has 0 atom stereocenters. The lowest BCUT2D eigenvalue weighted by Gasteiger charge is -2.10. The average Bonchev–Trinajstić information content (AvgIpc) is 2.42. The number of carbonyl (C=O) groups excluding carboxylic acids is 1. The number of ether oxygens (including phenoxy) is 1. The standard InChI is InChI=1S/C14H12Cl2N2O2/c1-20-9-3-4-12(17)10(7-9)14(19)18-13-5-2-8(15)6-11(13)16/h2-7H,17H2,1H3,(H,18,19). The number of methoxy groups -OCH3 is 1. The van der Waals surface area contributed by atoms with Gasteiger partial charge in [0.25, 0.3) is 5.91 Å². The first-order valence-electron chi connectivity index (χ1n) is 5.71. The van der Waals surface area contributed by atoms with E-state index < -0.39 is 0 Å². The van der Waals surface area contributed by atoms with Gasteiger partial charge in [0.2, 0.25) is 0 Å². The molecule has 0 aliphatic heterocycles. The fraction of sp³-hybridized carbons (Fsp3) is 0.0714. The molecule has 0 saturated carbocycles. The Morgan fingerprint density at radius 3 is 2.60 bits per heavy atom. The quantitative estimate of drug-likeness (QED) is 0.847. The molecule has 0 unspecified atom stereocenters. The van der Waals surface area contributed by atoms with Crippen molar-refractivity contribution in [3.63, 3.8) is 0 Å². The highest BCUT2D eigenvalue weighted by atomic mass is 35.5. The van der Waals surface area contributed by atoms with E-state index in [9.17, 15) is 4.79 Å². The van der Waals surface area contributed by atoms with Crippen molar-refractivity contribution in [2.24, 2.45) is 0 Å². The van der Waals surface area contributed by atoms with Crippen molar-refractivity contribution in [3.8, 4) is 5.75 Å². The van der Waals surface area contributed by atoms with E-state index in [0.29, 0.717) is 32.7 Å². The Bertz CT molecular complexity index is 660. The monoisotopic (exact) mass is 310 g/mol. The van der Waals surface area contributed by atoms with E-state index >= 15 is 0 Å². The molecule has 0 aliphatic rings. The normalized spacial score (nSPS) is 10.2. The Morgan fingerprint density at radius 1 is 1.20 bits per heavy atom. The lowest BCUT2D eigenvalue weighted by atomic mass is 10.1. The molecule has 3 N–H and O–H groups in total. The maximum atomic E-state index is 12.2. The number of amides is 1. The second kappa shape index (κ2) is 6.03. The molecule has 2 rings (SSSR count). The van der Waals surface area contributed by atoms with Crippen molar-refractivity contribution in [2.45, 2.75) is 0 Å². The Labute approximate surface area is 126 Å². The number of nitrogens with two attached hydrogens (primary N) is 1. The molecule has 2 aromatic rings. The third-order valence-electron chi connectivity index (χ3n) is 2.68. The van der Waals surface area contributed by atoms with E-state index in [4.69, 9.17) is 33.7 Å². The molecule has 0 fully saturated rings. The maximum Gasteiger partial charge on any atom is 0.257 e. The SMILES string of the molecule is COc1ccc(N)c(C(=O)Nc2ccc(Cl)cc2Cl)c1. The van der Waals surface area contributed by atoms with Gasteiger partial charge in [-0.25, -0.2) is 0 Å². The second-order valence-electron chi connectivity index (χ2n) is 4.03. The zero-order valence-electron chi connectivity index (χ0n) is 10.6. The van der Waals surface area contributed by atoms with Gasteiger partial charge < -0.3 is 15.8 Å². The number of benzene rings is 2. The van der Waals surface area contributed by atoms with E-state index in [-0.39, 0.29) is 5.91 Å². The molecule has 0 radical (unpaired) electrons. The maximum absolute atomic E-state index is 12.2. The molecule has 6 heteroatoms. The average molecular weight is 311 g/mol. The van der Waals surface area contributed by atoms with Gasteiger partial charge in [0.05, 0.1) is 23.4 Å². The van der Waals surface area contributed by atoms with Crippen molar-refractivity contribution in [1.82, 2.24) is 0 Å². The molecule has 0 saturated heterocycles. The van der Waals surface area contributed by atoms with Crippen LogP contribution in [0.4, 0.5) is 11.4 Å². The lowest BCUT2D eigenvalue weighted by Crippen LogP contribution is -2.14. The predicted octanol–water partition coefficient (Wildman–Crippen LogP) is 3.84. The summed E-state index contributed by atoms with van der Waals surface area (Å²) in [5.41, 5.74) is 6.92. The van der Waals surface area contributed by atoms with Crippen LogP contribution >= 0.6 is 23.2 Å². The summed E-state index contributed by atoms with van der Waals surface area (Å²) >= 11 is 11.8. The van der Waals surface area contributed by atoms with E-state index in [1.165, 1.54) is 7.11 Å². The fourth-order valence-electron chi connectivity index (χ4n) is 1.64. The summed E-state index contributed by atoms with van der Waals surface area (Å²) in [5, 5.41) is 3.53. The van der Waals surface area contributed by atoms with E-state index in [1.54, 1.807) is 36.4 Å². The largest absolute Gasteiger partial charge is 0.497 e. The predicted molar refractivity (Wildman–Crippen MR) is 81.8 cm³/mol. The highest BCUT2D eigenvalue weighted by molar-refractivity contribution is 6.36. The first kappa shape index (κ1) is 14.5. The van der Waals surface area contributed by atoms with Crippen LogP contribution in [-0.4, -0.2) is 13.0 Å². The number of halogens is 2. The third kappa shape index (κ3) is 3.15. The van der Waals surface area contributed by atoms with E-state index in [0.717, 1.165) is 0 Å². The highest BCUT2D eigenvalue weighted by Crippen LogP contribution is 2.27. The minimum atomic E-state index is -0.370. The smallest absolute Gasteiger partial charge is 0.257 e. The van der Waals surface area contributed by atoms with Gasteiger partial charge in [-0.05, 0) is 36.4 Å². The van der Waals surface area contributed by atoms with Crippen LogP contribution in [0.15, 0.2) is 36.4 Å². The van der Waals surface area contributed by atoms with Crippen LogP contribution in [0.2, 0.25) is 10.0 Å². The topological polar surface area (TPSA) is 64.3 Å². The number of nitrogens with one attached hydrogen (secondary N) is 1. The first-order valence-corrected chi connectivity index (χ1v) is 6.47. The summed E-state index contributed by atoms with van der Waals surface area (Å²) in [4.78, 5) is 12.2. The number of hydrogen-bond acceptors (Lipinski definition) is 3. The molecule has 0 bridgehead atoms. The van der Waals surface area contributed by atoms with Crippen LogP contribution in [0, 0.1) is 0 Å². The zero-order valence-corrected chi connectivity index (χ0v) is 12.1. The number of rotatable bonds is 3. The van der Waals surface area contributed by atoms with E-state index in [1.807, 2.05) is 0 Å². The minimum absolute atomic E-state index is 0.315. The summed E-state index contributed by atoms with van der Waals surface area (Å²) in [6.07, 6.45) is 0. The van der Waals surface area contributed by atoms with Gasteiger partial charge in [0.15, 0.2) is 0 Å². The summed E-state index contributed by atoms with van der Waals surface area (Å²) in [6, 6.07) is 9.66. The fourth-order valence-corrected chi connectivity index (χ4v) is 2.10. The number of hydrogen-bond donors (Lipinski definition) is 2. The van der Waals surface area contributed by atoms with Gasteiger partial charge in [-0.15, -0.1) is 0 Å². The van der Waals surface area contributed by atoms with Crippen LogP contribution in [0.1, 0.15) is 10.4 Å². The van der Waals surface area contributed by atoms with Gasteiger partial charge in [0.1, 0.15) is 5.75 Å². The minimum Gasteiger partial charge on any atom is -0.497 e. The van der Waals surface area contributed by atoms with Crippen molar-refractivity contribution >= 4 is 40.5 Å². The summed E-state index contributed by atoms with van der Waals surface area (Å²) in [7, 11) is 1.52. The Morgan fingerprint density at radius 2 is 1.95 bits per heavy atom. The first-order chi connectivity index (χ1) is 9.51. The molecule has 20 heavy (non-hydrogen) atoms. The van der Waals surface area contributed by atoms with Crippen LogP contribution in [0.5, 0.6) is 5.75 Å². The highest BCUT2D eigenvalue weighted by Gasteiger charge is 2.13. The second-order valence-corrected chi connectivity index (χ2v) is 4.88. The lowest BCUT2D eigenvalue weighted by molar-refractivity contribution is 0.102. The van der Waals surface area contributed by atoms with Crippen LogP contribution in [-0.2, 0) is 0 Å². The molecule has 4 nitrogen and oxygen atoms in total. The van der Waals surface area contributed by atoms with Gasteiger partial charge in [0, 0.05) is 10.7 Å². The molecule has 2 aromatic carbocycles. The molecule has 0 aromatic heterocycles. The molecule has 104 valence electrons. The van der Waals surface area contributed by atoms with Crippen molar-refractivity contribution in [1.29, 1.82) is 0 Å². The van der Waals surface area contributed by atoms with Crippen molar-refractivity contribution < 1.29 is 9.53 Å². The van der Waals surface area contributed by atoms with Crippen LogP contribution < -0.4 is 15.8 Å². The van der Waals surface area contributed by atoms with Gasteiger partial charge in [-0.2, -0.15) is 0 Å². The third-order valence-corrected chi connectivity index (χ3v) is 3.23. The zero-order chi connectivity index (χ0) is 14.7. The number of carbonyl (C=O) groups is 1. The Kier molecular flexibility index (Phi) is 4.37. The Hall–Kier alpha value is -1.91. The van der Waals surface area contributed by atoms with Crippen LogP contribution in [0.3, 0.4) is 0 Å². The number of anilines is 2. The van der Waals surface area contributed by atoms with Gasteiger partial charge in [-0.3, -0.25) is 4.79 Å². The summed E-state index contributed by atoms with van der Waals surface area (Å²) in [6.45, 7) is 0. The van der Waals surface area contributed by atoms with Crippen molar-refractivity contribution in [3.05, 3.63) is 52.0 Å². The summed E-state index contributed by atoms with van der Waals surface area (Å²) < 4.78 is 5.07. The molecule has 1 amide bonds. The van der Waals surface area contributed by atoms with Gasteiger partial charge in [-0.1, -0.05) is 23.2 Å². The molecule has 0 spiro atoms. The van der Waals surface area contributed by atoms with E-state index in [2.05, 4.69) is 5.32 Å². The molecular weight excluding hydrogens is 299 g/mol. The summed E-state index contributed by atoms with van der Waals surface area (Å²) in [5.74, 6) is 0.178.